The number of amides is 2. The number of hydrogen-bond acceptors (Lipinski definition) is 5. The molecule has 2 aliphatic rings. The zero-order chi connectivity index (χ0) is 38.3. The average Bonchev–Trinajstić information content (AvgIpc) is 3.37. The summed E-state index contributed by atoms with van der Waals surface area (Å²) in [6.45, 7) is 21.1. The monoisotopic (exact) mass is 696 g/mol. The molecule has 1 aliphatic carbocycles. The minimum absolute atomic E-state index is 0.0352. The van der Waals surface area contributed by atoms with Crippen molar-refractivity contribution < 1.29 is 19.7 Å². The predicted octanol–water partition coefficient (Wildman–Crippen LogP) is 4.71. The largest absolute Gasteiger partial charge is 0.389 e. The fourth-order valence-corrected chi connectivity index (χ4v) is 6.01. The summed E-state index contributed by atoms with van der Waals surface area (Å²) in [6, 6.07) is 5.49. The molecule has 7 N–H and O–H groups in total. The van der Waals surface area contributed by atoms with Gasteiger partial charge < -0.3 is 21.1 Å². The first kappa shape index (κ1) is 46.3. The zero-order valence-electron chi connectivity index (χ0n) is 33.4. The summed E-state index contributed by atoms with van der Waals surface area (Å²) in [5.74, 6) is 0.552. The average molecular weight is 696 g/mol. The molecule has 3 rings (SSSR count). The van der Waals surface area contributed by atoms with Gasteiger partial charge in [-0.3, -0.25) is 25.2 Å². The van der Waals surface area contributed by atoms with Gasteiger partial charge in [-0.05, 0) is 96.3 Å². The zero-order valence-corrected chi connectivity index (χ0v) is 33.4. The molecule has 0 spiro atoms. The van der Waals surface area contributed by atoms with Crippen molar-refractivity contribution in [1.29, 1.82) is 0 Å². The second-order valence-corrected chi connectivity index (χ2v) is 12.3. The number of hydrogen-bond donors (Lipinski definition) is 6. The fraction of sp³-hybridized carbons (Fsp3) is 0.585. The van der Waals surface area contributed by atoms with Gasteiger partial charge in [-0.25, -0.2) is 0 Å². The van der Waals surface area contributed by atoms with E-state index in [1.807, 2.05) is 125 Å². The Balaban J connectivity index is 0.00000112. The van der Waals surface area contributed by atoms with Crippen LogP contribution in [0.25, 0.3) is 0 Å². The van der Waals surface area contributed by atoms with Crippen LogP contribution in [0.3, 0.4) is 0 Å². The van der Waals surface area contributed by atoms with Gasteiger partial charge in [0.2, 0.25) is 5.84 Å². The number of amidine groups is 1. The van der Waals surface area contributed by atoms with Gasteiger partial charge >= 0.3 is 0 Å². The van der Waals surface area contributed by atoms with E-state index in [-0.39, 0.29) is 23.9 Å². The Hall–Kier alpha value is -3.69. The maximum Gasteiger partial charge on any atom is 0.251 e. The van der Waals surface area contributed by atoms with Crippen LogP contribution < -0.4 is 26.7 Å². The smallest absolute Gasteiger partial charge is 0.251 e. The Morgan fingerprint density at radius 1 is 1.12 bits per heavy atom. The van der Waals surface area contributed by atoms with Gasteiger partial charge in [0.1, 0.15) is 6.04 Å². The van der Waals surface area contributed by atoms with Crippen LogP contribution in [0.1, 0.15) is 116 Å². The summed E-state index contributed by atoms with van der Waals surface area (Å²) >= 11 is 0. The molecule has 0 radical (unpaired) electrons. The molecular weight excluding hydrogens is 624 g/mol. The second kappa shape index (κ2) is 25.3. The van der Waals surface area contributed by atoms with E-state index in [2.05, 4.69) is 31.9 Å². The van der Waals surface area contributed by atoms with Crippen LogP contribution >= 0.6 is 0 Å². The molecule has 1 saturated heterocycles. The maximum absolute atomic E-state index is 13.2. The molecule has 0 bridgehead atoms. The van der Waals surface area contributed by atoms with Gasteiger partial charge in [0.05, 0.1) is 24.2 Å². The topological polar surface area (TPSA) is 134 Å². The Morgan fingerprint density at radius 2 is 1.78 bits per heavy atom. The third-order valence-corrected chi connectivity index (χ3v) is 9.18. The van der Waals surface area contributed by atoms with Crippen LogP contribution in [0.15, 0.2) is 65.9 Å². The molecule has 50 heavy (non-hydrogen) atoms. The number of rotatable bonds is 12. The van der Waals surface area contributed by atoms with Crippen LogP contribution in [0, 0.1) is 0 Å². The summed E-state index contributed by atoms with van der Waals surface area (Å²) in [4.78, 5) is 30.1. The summed E-state index contributed by atoms with van der Waals surface area (Å²) < 4.78 is 0. The molecule has 1 heterocycles. The lowest BCUT2D eigenvalue weighted by molar-refractivity contribution is -0.522. The summed E-state index contributed by atoms with van der Waals surface area (Å²) in [5, 5.41) is 20.5. The minimum atomic E-state index is -0.759. The summed E-state index contributed by atoms with van der Waals surface area (Å²) in [7, 11) is 3.63. The molecule has 1 fully saturated rings. The third-order valence-electron chi connectivity index (χ3n) is 9.18. The number of likely N-dealkylation sites (N-methyl/N-ethyl adjacent to an activating group) is 2. The number of allylic oxidation sites excluding steroid dienone is 5. The van der Waals surface area contributed by atoms with Crippen molar-refractivity contribution in [3.63, 3.8) is 0 Å². The first-order valence-electron chi connectivity index (χ1n) is 18.7. The number of aryl methyl sites for hydroxylation is 1. The highest BCUT2D eigenvalue weighted by Crippen LogP contribution is 2.31. The molecule has 9 nitrogen and oxygen atoms in total. The number of nitrogens with one attached hydrogen (secondary N) is 4. The van der Waals surface area contributed by atoms with Crippen molar-refractivity contribution in [1.82, 2.24) is 20.9 Å². The van der Waals surface area contributed by atoms with E-state index in [1.165, 1.54) is 17.5 Å². The Bertz CT molecular complexity index is 1320. The van der Waals surface area contributed by atoms with Crippen molar-refractivity contribution in [3.8, 4) is 0 Å². The van der Waals surface area contributed by atoms with Crippen molar-refractivity contribution in [2.24, 2.45) is 5.73 Å². The first-order valence-corrected chi connectivity index (χ1v) is 18.7. The molecule has 1 aromatic carbocycles. The molecule has 1 aliphatic heterocycles. The minimum Gasteiger partial charge on any atom is -0.389 e. The van der Waals surface area contributed by atoms with Gasteiger partial charge in [-0.2, -0.15) is 0 Å². The number of likely N-dealkylation sites (tertiary alicyclic amines) is 1. The normalized spacial score (nSPS) is 21.5. The van der Waals surface area contributed by atoms with Crippen LogP contribution in [0.5, 0.6) is 0 Å². The maximum atomic E-state index is 13.2. The lowest BCUT2D eigenvalue weighted by Gasteiger charge is -2.39. The number of nitrogens with zero attached hydrogens (tertiary/aromatic N) is 1. The lowest BCUT2D eigenvalue weighted by Crippen LogP contribution is -2.90. The lowest BCUT2D eigenvalue weighted by atomic mass is 9.85. The number of aliphatic hydroxyl groups is 1. The number of carbonyl (C=O) groups excluding carboxylic acids is 2. The molecule has 2 amide bonds. The molecular formula is C41H71N6O3+. The van der Waals surface area contributed by atoms with Crippen LogP contribution in [-0.2, 0) is 17.6 Å². The highest BCUT2D eigenvalue weighted by molar-refractivity contribution is 5.96. The predicted molar refractivity (Wildman–Crippen MR) is 212 cm³/mol. The molecule has 1 aromatic rings. The van der Waals surface area contributed by atoms with Crippen LogP contribution in [-0.4, -0.2) is 78.6 Å². The van der Waals surface area contributed by atoms with Crippen molar-refractivity contribution in [2.75, 3.05) is 27.2 Å². The molecule has 0 aromatic heterocycles. The van der Waals surface area contributed by atoms with Gasteiger partial charge in [0.15, 0.2) is 0 Å². The van der Waals surface area contributed by atoms with Gasteiger partial charge in [0, 0.05) is 31.1 Å². The highest BCUT2D eigenvalue weighted by atomic mass is 16.3. The van der Waals surface area contributed by atoms with E-state index in [1.54, 1.807) is 7.05 Å². The Kier molecular flexibility index (Phi) is 23.4. The SMILES string of the molecule is C/C=C\NCC([NH+]=C(N)CC)C1(C)[C@H](O)[C@H](NC(=O)c2cccc3c2CCCC3)CN1C.CC.CC.C\C=C(C)/C=C\C(=C\CC)C(=O)NC. The highest BCUT2D eigenvalue weighted by Gasteiger charge is 2.54. The summed E-state index contributed by atoms with van der Waals surface area (Å²) in [5.41, 5.74) is 10.6. The quantitative estimate of drug-likeness (QED) is 0.0813. The van der Waals surface area contributed by atoms with Gasteiger partial charge in [-0.1, -0.05) is 83.6 Å². The third kappa shape index (κ3) is 13.6. The molecule has 9 heteroatoms. The van der Waals surface area contributed by atoms with Gasteiger partial charge in [0.25, 0.3) is 11.8 Å². The summed E-state index contributed by atoms with van der Waals surface area (Å²) in [6.07, 6.45) is 16.6. The van der Waals surface area contributed by atoms with Crippen LogP contribution in [0.2, 0.25) is 0 Å². The molecule has 2 unspecified atom stereocenters. The standard InChI is InChI=1S/C25H39N5O2.C12H19NO.2C2H6/c1-5-14-27-15-21(29-22(26)6-2)25(3)23(31)20(16-30(25)4)28-24(32)19-13-9-11-17-10-7-8-12-18(17)19;1-5-7-11(12(14)13-4)9-8-10(3)6-2;2*1-2/h5,9,11,13-14,20-21,23,27,31H,6-8,10,12,15-16H2,1-4H3,(H2,26,29)(H,28,32);6-9H,5H2,1-4H3,(H,13,14);2*1-2H3/p+1/b14-5-;9-8-,10-6-,11-7-;;/t20-,21?,23-,25?;;;/m1.../s1. The van der Waals surface area contributed by atoms with E-state index < -0.39 is 11.6 Å². The van der Waals surface area contributed by atoms with E-state index in [9.17, 15) is 14.7 Å². The molecule has 0 saturated carbocycles. The van der Waals surface area contributed by atoms with Crippen molar-refractivity contribution in [3.05, 3.63) is 82.6 Å². The van der Waals surface area contributed by atoms with E-state index in [0.717, 1.165) is 42.4 Å². The fourth-order valence-electron chi connectivity index (χ4n) is 6.01. The van der Waals surface area contributed by atoms with Crippen molar-refractivity contribution >= 4 is 17.6 Å². The number of nitrogens with two attached hydrogens (primary N) is 1. The molecule has 282 valence electrons. The molecule has 4 atom stereocenters. The number of aliphatic hydroxyl groups excluding tert-OH is 1. The number of fused-ring (bicyclic) bond motifs is 1. The Morgan fingerprint density at radius 3 is 2.36 bits per heavy atom. The number of carbonyl (C=O) groups is 2. The van der Waals surface area contributed by atoms with E-state index in [0.29, 0.717) is 25.3 Å². The first-order chi connectivity index (χ1) is 24.0. The van der Waals surface area contributed by atoms with E-state index >= 15 is 0 Å². The Labute approximate surface area is 304 Å². The second-order valence-electron chi connectivity index (χ2n) is 12.3. The van der Waals surface area contributed by atoms with E-state index in [4.69, 9.17) is 5.73 Å². The van der Waals surface area contributed by atoms with Crippen molar-refractivity contribution in [2.45, 2.75) is 131 Å². The number of benzene rings is 1. The van der Waals surface area contributed by atoms with Gasteiger partial charge in [-0.15, -0.1) is 0 Å². The van der Waals surface area contributed by atoms with Crippen LogP contribution in [0.4, 0.5) is 0 Å².